The molecule has 1 N–H and O–H groups in total. The van der Waals surface area contributed by atoms with Crippen LogP contribution in [-0.4, -0.2) is 44.5 Å². The lowest BCUT2D eigenvalue weighted by Gasteiger charge is -2.18. The van der Waals surface area contributed by atoms with Gasteiger partial charge in [-0.05, 0) is 17.7 Å². The molecule has 0 spiro atoms. The Morgan fingerprint density at radius 3 is 3.06 bits per heavy atom. The first-order chi connectivity index (χ1) is 8.68. The summed E-state index contributed by atoms with van der Waals surface area (Å²) in [6.07, 6.45) is 6.31. The highest BCUT2D eigenvalue weighted by molar-refractivity contribution is 7.99. The van der Waals surface area contributed by atoms with Gasteiger partial charge in [0.2, 0.25) is 5.91 Å². The Labute approximate surface area is 109 Å². The number of rotatable bonds is 3. The van der Waals surface area contributed by atoms with Gasteiger partial charge in [-0.1, -0.05) is 6.07 Å². The van der Waals surface area contributed by atoms with Crippen LogP contribution in [0.1, 0.15) is 5.56 Å². The fraction of sp³-hybridized carbons (Fsp3) is 0.250. The Hall–Kier alpha value is -1.82. The topological polar surface area (TPSA) is 70.5 Å². The molecular formula is C12H12N2O3S. The molecular weight excluding hydrogens is 252 g/mol. The summed E-state index contributed by atoms with van der Waals surface area (Å²) in [4.78, 5) is 28.1. The second kappa shape index (κ2) is 5.68. The van der Waals surface area contributed by atoms with Gasteiger partial charge < -0.3 is 10.0 Å². The van der Waals surface area contributed by atoms with Gasteiger partial charge in [0.15, 0.2) is 0 Å². The van der Waals surface area contributed by atoms with Crippen molar-refractivity contribution in [3.8, 4) is 0 Å². The van der Waals surface area contributed by atoms with E-state index in [1.807, 2.05) is 6.07 Å². The summed E-state index contributed by atoms with van der Waals surface area (Å²) in [5.74, 6) is -0.367. The maximum atomic E-state index is 11.9. The zero-order valence-corrected chi connectivity index (χ0v) is 10.3. The van der Waals surface area contributed by atoms with Gasteiger partial charge in [-0.2, -0.15) is 0 Å². The van der Waals surface area contributed by atoms with Crippen molar-refractivity contribution in [1.29, 1.82) is 0 Å². The van der Waals surface area contributed by atoms with Crippen LogP contribution in [0.15, 0.2) is 30.6 Å². The van der Waals surface area contributed by atoms with E-state index in [0.717, 1.165) is 5.56 Å². The van der Waals surface area contributed by atoms with E-state index >= 15 is 0 Å². The van der Waals surface area contributed by atoms with E-state index in [4.69, 9.17) is 5.11 Å². The van der Waals surface area contributed by atoms with Gasteiger partial charge in [0, 0.05) is 24.2 Å². The second-order valence-corrected chi connectivity index (χ2v) is 4.78. The third-order valence-electron chi connectivity index (χ3n) is 2.55. The summed E-state index contributed by atoms with van der Waals surface area (Å²) in [6.45, 7) is 0. The lowest BCUT2D eigenvalue weighted by atomic mass is 10.2. The molecule has 0 aliphatic carbocycles. The third kappa shape index (κ3) is 2.89. The maximum absolute atomic E-state index is 11.9. The summed E-state index contributed by atoms with van der Waals surface area (Å²) in [7, 11) is 0. The molecule has 1 aromatic rings. The molecule has 1 aliphatic heterocycles. The molecule has 1 fully saturated rings. The lowest BCUT2D eigenvalue weighted by molar-refractivity contribution is -0.146. The van der Waals surface area contributed by atoms with E-state index in [1.165, 1.54) is 22.7 Å². The second-order valence-electron chi connectivity index (χ2n) is 3.78. The Morgan fingerprint density at radius 1 is 1.56 bits per heavy atom. The van der Waals surface area contributed by atoms with Gasteiger partial charge in [-0.3, -0.25) is 9.78 Å². The number of nitrogens with zero attached hydrogens (tertiary/aromatic N) is 2. The molecule has 1 aliphatic rings. The Kier molecular flexibility index (Phi) is 3.99. The van der Waals surface area contributed by atoms with Crippen molar-refractivity contribution in [3.63, 3.8) is 0 Å². The largest absolute Gasteiger partial charge is 0.480 e. The van der Waals surface area contributed by atoms with Crippen molar-refractivity contribution in [3.05, 3.63) is 36.2 Å². The molecule has 18 heavy (non-hydrogen) atoms. The third-order valence-corrected chi connectivity index (χ3v) is 3.57. The predicted octanol–water partition coefficient (Wildman–Crippen LogP) is 1.08. The molecule has 1 amide bonds. The number of aromatic nitrogens is 1. The predicted molar refractivity (Wildman–Crippen MR) is 68.9 cm³/mol. The van der Waals surface area contributed by atoms with E-state index in [9.17, 15) is 9.59 Å². The average Bonchev–Trinajstić information content (AvgIpc) is 2.86. The summed E-state index contributed by atoms with van der Waals surface area (Å²) in [6, 6.07) is 2.88. The van der Waals surface area contributed by atoms with Gasteiger partial charge in [-0.25, -0.2) is 4.79 Å². The first kappa shape index (κ1) is 12.6. The molecule has 1 atom stereocenters. The number of thioether (sulfide) groups is 1. The highest BCUT2D eigenvalue weighted by Crippen LogP contribution is 2.21. The van der Waals surface area contributed by atoms with E-state index < -0.39 is 12.0 Å². The van der Waals surface area contributed by atoms with Crippen LogP contribution < -0.4 is 0 Å². The number of aliphatic carboxylic acids is 1. The van der Waals surface area contributed by atoms with Crippen LogP contribution >= 0.6 is 11.8 Å². The van der Waals surface area contributed by atoms with E-state index in [-0.39, 0.29) is 5.91 Å². The lowest BCUT2D eigenvalue weighted by Crippen LogP contribution is -2.40. The molecule has 1 unspecified atom stereocenters. The molecule has 0 aromatic carbocycles. The number of amides is 1. The molecule has 1 saturated heterocycles. The average molecular weight is 264 g/mol. The smallest absolute Gasteiger partial charge is 0.327 e. The fourth-order valence-electron chi connectivity index (χ4n) is 1.60. The zero-order chi connectivity index (χ0) is 13.0. The minimum atomic E-state index is -0.955. The molecule has 0 radical (unpaired) electrons. The number of pyridine rings is 1. The number of carboxylic acid groups (broad SMARTS) is 1. The van der Waals surface area contributed by atoms with Crippen LogP contribution in [0.4, 0.5) is 0 Å². The van der Waals surface area contributed by atoms with Crippen LogP contribution in [-0.2, 0) is 9.59 Å². The van der Waals surface area contributed by atoms with E-state index in [0.29, 0.717) is 11.6 Å². The number of carbonyl (C=O) groups is 2. The highest BCUT2D eigenvalue weighted by atomic mass is 32.2. The van der Waals surface area contributed by atoms with Crippen LogP contribution in [0.3, 0.4) is 0 Å². The monoisotopic (exact) mass is 264 g/mol. The van der Waals surface area contributed by atoms with Gasteiger partial charge in [0.05, 0.1) is 5.88 Å². The SMILES string of the molecule is O=C(O)C1CSCN1C(=O)C=Cc1cccnc1. The van der Waals surface area contributed by atoms with Gasteiger partial charge in [0.1, 0.15) is 6.04 Å². The van der Waals surface area contributed by atoms with Crippen molar-refractivity contribution in [2.24, 2.45) is 0 Å². The molecule has 0 saturated carbocycles. The fourth-order valence-corrected chi connectivity index (χ4v) is 2.76. The van der Waals surface area contributed by atoms with Gasteiger partial charge in [-0.15, -0.1) is 11.8 Å². The summed E-state index contributed by atoms with van der Waals surface area (Å²) in [5, 5.41) is 8.98. The van der Waals surface area contributed by atoms with Crippen molar-refractivity contribution in [1.82, 2.24) is 9.88 Å². The first-order valence-corrected chi connectivity index (χ1v) is 6.53. The van der Waals surface area contributed by atoms with Crippen LogP contribution in [0.5, 0.6) is 0 Å². The van der Waals surface area contributed by atoms with Crippen LogP contribution in [0.2, 0.25) is 0 Å². The normalized spacial score (nSPS) is 19.3. The maximum Gasteiger partial charge on any atom is 0.327 e. The van der Waals surface area contributed by atoms with E-state index in [1.54, 1.807) is 24.5 Å². The van der Waals surface area contributed by atoms with Crippen molar-refractivity contribution < 1.29 is 14.7 Å². The molecule has 5 nitrogen and oxygen atoms in total. The molecule has 0 bridgehead atoms. The Morgan fingerprint density at radius 2 is 2.39 bits per heavy atom. The van der Waals surface area contributed by atoms with Crippen LogP contribution in [0.25, 0.3) is 6.08 Å². The van der Waals surface area contributed by atoms with Crippen molar-refractivity contribution >= 4 is 29.7 Å². The summed E-state index contributed by atoms with van der Waals surface area (Å²) < 4.78 is 0. The Balaban J connectivity index is 2.04. The molecule has 2 heterocycles. The standard InChI is InChI=1S/C12H12N2O3S/c15-11(4-3-9-2-1-5-13-6-9)14-8-18-7-10(14)12(16)17/h1-6,10H,7-8H2,(H,16,17). The van der Waals surface area contributed by atoms with Gasteiger partial charge in [0.25, 0.3) is 0 Å². The number of hydrogen-bond acceptors (Lipinski definition) is 4. The number of carbonyl (C=O) groups excluding carboxylic acids is 1. The van der Waals surface area contributed by atoms with Gasteiger partial charge >= 0.3 is 5.97 Å². The van der Waals surface area contributed by atoms with E-state index in [2.05, 4.69) is 4.98 Å². The number of hydrogen-bond donors (Lipinski definition) is 1. The molecule has 1 aromatic heterocycles. The van der Waals surface area contributed by atoms with Crippen molar-refractivity contribution in [2.75, 3.05) is 11.6 Å². The minimum absolute atomic E-state index is 0.281. The molecule has 94 valence electrons. The van der Waals surface area contributed by atoms with Crippen LogP contribution in [0, 0.1) is 0 Å². The quantitative estimate of drug-likeness (QED) is 0.827. The first-order valence-electron chi connectivity index (χ1n) is 5.38. The Bertz CT molecular complexity index is 475. The minimum Gasteiger partial charge on any atom is -0.480 e. The summed E-state index contributed by atoms with van der Waals surface area (Å²) >= 11 is 1.45. The molecule has 6 heteroatoms. The number of carboxylic acids is 1. The zero-order valence-electron chi connectivity index (χ0n) is 9.52. The van der Waals surface area contributed by atoms with Crippen molar-refractivity contribution in [2.45, 2.75) is 6.04 Å². The molecule has 2 rings (SSSR count). The highest BCUT2D eigenvalue weighted by Gasteiger charge is 2.33. The summed E-state index contributed by atoms with van der Waals surface area (Å²) in [5.41, 5.74) is 0.810.